The fourth-order valence-electron chi connectivity index (χ4n) is 1.41. The second kappa shape index (κ2) is 5.58. The van der Waals surface area contributed by atoms with E-state index in [0.717, 1.165) is 15.4 Å². The normalized spacial score (nSPS) is 16.9. The van der Waals surface area contributed by atoms with Gasteiger partial charge in [0.2, 0.25) is 0 Å². The second-order valence-electron chi connectivity index (χ2n) is 4.13. The lowest BCUT2D eigenvalue weighted by Gasteiger charge is -2.32. The predicted molar refractivity (Wildman–Crippen MR) is 72.0 cm³/mol. The van der Waals surface area contributed by atoms with Crippen LogP contribution in [0.15, 0.2) is 21.2 Å². The Labute approximate surface area is 113 Å². The molecule has 1 heterocycles. The van der Waals surface area contributed by atoms with E-state index in [-0.39, 0.29) is 5.41 Å². The van der Waals surface area contributed by atoms with Crippen LogP contribution in [0.1, 0.15) is 32.1 Å². The van der Waals surface area contributed by atoms with Crippen molar-refractivity contribution in [1.29, 1.82) is 0 Å². The molecule has 90 valence electrons. The quantitative estimate of drug-likeness (QED) is 0.876. The number of hydrogen-bond acceptors (Lipinski definition) is 3. The maximum atomic E-state index is 10.3. The Kier molecular flexibility index (Phi) is 4.91. The van der Waals surface area contributed by atoms with E-state index in [0.29, 0.717) is 12.2 Å². The van der Waals surface area contributed by atoms with Crippen LogP contribution in [0, 0.1) is 5.41 Å². The largest absolute Gasteiger partial charge is 0.386 e. The fraction of sp³-hybridized carbons (Fsp3) is 0.545. The van der Waals surface area contributed by atoms with Gasteiger partial charge in [-0.05, 0) is 44.3 Å². The van der Waals surface area contributed by atoms with Gasteiger partial charge in [0.05, 0.1) is 5.69 Å². The molecule has 0 fully saturated rings. The summed E-state index contributed by atoms with van der Waals surface area (Å²) in [4.78, 5) is 4.24. The number of aromatic nitrogens is 1. The molecular weight excluding hydrogens is 336 g/mol. The second-order valence-corrected chi connectivity index (χ2v) is 5.90. The predicted octanol–water partition coefficient (Wildman–Crippen LogP) is 3.02. The summed E-state index contributed by atoms with van der Waals surface area (Å²) in [6.07, 6.45) is 1.81. The Balaban J connectivity index is 3.08. The molecule has 0 aliphatic rings. The number of aliphatic hydroxyl groups is 1. The number of pyridine rings is 1. The van der Waals surface area contributed by atoms with E-state index in [2.05, 4.69) is 36.8 Å². The number of aliphatic hydroxyl groups excluding tert-OH is 1. The van der Waals surface area contributed by atoms with Crippen LogP contribution in [0.3, 0.4) is 0 Å². The standard InChI is InChI=1S/C11H16Br2N2O/c1-3-11(2,6-14)10(16)9-8(13)4-7(12)5-15-9/h4-5,10,16H,3,6,14H2,1-2H3. The molecule has 2 atom stereocenters. The van der Waals surface area contributed by atoms with Crippen LogP contribution in [-0.2, 0) is 0 Å². The van der Waals surface area contributed by atoms with Crippen molar-refractivity contribution in [2.24, 2.45) is 11.1 Å². The lowest BCUT2D eigenvalue weighted by molar-refractivity contribution is 0.0351. The Hall–Kier alpha value is 0.0300. The lowest BCUT2D eigenvalue weighted by atomic mass is 9.80. The Morgan fingerprint density at radius 1 is 1.56 bits per heavy atom. The average molecular weight is 352 g/mol. The highest BCUT2D eigenvalue weighted by Crippen LogP contribution is 2.38. The van der Waals surface area contributed by atoms with Gasteiger partial charge < -0.3 is 10.8 Å². The third-order valence-corrected chi connectivity index (χ3v) is 4.10. The summed E-state index contributed by atoms with van der Waals surface area (Å²) < 4.78 is 1.67. The van der Waals surface area contributed by atoms with Crippen LogP contribution in [0.4, 0.5) is 0 Å². The zero-order chi connectivity index (χ0) is 12.3. The Morgan fingerprint density at radius 3 is 2.62 bits per heavy atom. The average Bonchev–Trinajstić information content (AvgIpc) is 2.27. The van der Waals surface area contributed by atoms with Crippen molar-refractivity contribution in [3.63, 3.8) is 0 Å². The van der Waals surface area contributed by atoms with Gasteiger partial charge in [0, 0.05) is 27.1 Å². The molecule has 0 amide bonds. The summed E-state index contributed by atoms with van der Waals surface area (Å²) in [5.41, 5.74) is 6.02. The highest BCUT2D eigenvalue weighted by Gasteiger charge is 2.33. The van der Waals surface area contributed by atoms with E-state index in [1.165, 1.54) is 0 Å². The summed E-state index contributed by atoms with van der Waals surface area (Å²) in [6, 6.07) is 1.87. The first kappa shape index (κ1) is 14.1. The molecule has 0 spiro atoms. The summed E-state index contributed by atoms with van der Waals surface area (Å²) >= 11 is 6.74. The summed E-state index contributed by atoms with van der Waals surface area (Å²) in [7, 11) is 0. The van der Waals surface area contributed by atoms with Gasteiger partial charge in [-0.2, -0.15) is 0 Å². The van der Waals surface area contributed by atoms with E-state index in [9.17, 15) is 5.11 Å². The first-order valence-corrected chi connectivity index (χ1v) is 6.72. The molecule has 1 aromatic rings. The van der Waals surface area contributed by atoms with Crippen LogP contribution < -0.4 is 5.73 Å². The highest BCUT2D eigenvalue weighted by atomic mass is 79.9. The van der Waals surface area contributed by atoms with E-state index in [1.54, 1.807) is 6.20 Å². The molecule has 0 bridgehead atoms. The topological polar surface area (TPSA) is 59.1 Å². The smallest absolute Gasteiger partial charge is 0.104 e. The first-order chi connectivity index (χ1) is 7.44. The molecule has 3 N–H and O–H groups in total. The zero-order valence-corrected chi connectivity index (χ0v) is 12.5. The molecule has 0 aliphatic heterocycles. The number of rotatable bonds is 4. The molecule has 5 heteroatoms. The molecule has 0 aromatic carbocycles. The highest BCUT2D eigenvalue weighted by molar-refractivity contribution is 9.11. The summed E-state index contributed by atoms with van der Waals surface area (Å²) in [5.74, 6) is 0. The van der Waals surface area contributed by atoms with Gasteiger partial charge in [0.1, 0.15) is 6.10 Å². The Bertz CT molecular complexity index is 367. The molecule has 16 heavy (non-hydrogen) atoms. The monoisotopic (exact) mass is 350 g/mol. The van der Waals surface area contributed by atoms with E-state index < -0.39 is 6.10 Å². The Morgan fingerprint density at radius 2 is 2.19 bits per heavy atom. The molecule has 0 radical (unpaired) electrons. The lowest BCUT2D eigenvalue weighted by Crippen LogP contribution is -2.33. The molecule has 0 saturated carbocycles. The minimum Gasteiger partial charge on any atom is -0.386 e. The van der Waals surface area contributed by atoms with Crippen molar-refractivity contribution >= 4 is 31.9 Å². The van der Waals surface area contributed by atoms with Crippen molar-refractivity contribution in [3.05, 3.63) is 26.9 Å². The maximum Gasteiger partial charge on any atom is 0.104 e. The van der Waals surface area contributed by atoms with Crippen molar-refractivity contribution < 1.29 is 5.11 Å². The number of hydrogen-bond donors (Lipinski definition) is 2. The SMILES string of the molecule is CCC(C)(CN)C(O)c1ncc(Br)cc1Br. The van der Waals surface area contributed by atoms with Gasteiger partial charge in [0.15, 0.2) is 0 Å². The van der Waals surface area contributed by atoms with E-state index in [1.807, 2.05) is 19.9 Å². The third kappa shape index (κ3) is 2.83. The third-order valence-electron chi connectivity index (χ3n) is 3.03. The minimum absolute atomic E-state index is 0.344. The van der Waals surface area contributed by atoms with E-state index in [4.69, 9.17) is 5.73 Å². The van der Waals surface area contributed by atoms with Crippen LogP contribution in [0.5, 0.6) is 0 Å². The molecule has 1 rings (SSSR count). The summed E-state index contributed by atoms with van der Waals surface area (Å²) in [6.45, 7) is 4.41. The molecule has 2 unspecified atom stereocenters. The minimum atomic E-state index is -0.662. The number of nitrogens with zero attached hydrogens (tertiary/aromatic N) is 1. The fourth-order valence-corrected chi connectivity index (χ4v) is 2.61. The molecule has 1 aromatic heterocycles. The molecular formula is C11H16Br2N2O. The van der Waals surface area contributed by atoms with Gasteiger partial charge in [-0.3, -0.25) is 4.98 Å². The molecule has 0 aliphatic carbocycles. The summed E-state index contributed by atoms with van der Waals surface area (Å²) in [5, 5.41) is 10.3. The van der Waals surface area contributed by atoms with Crippen LogP contribution in [-0.4, -0.2) is 16.6 Å². The van der Waals surface area contributed by atoms with Crippen molar-refractivity contribution in [2.75, 3.05) is 6.54 Å². The van der Waals surface area contributed by atoms with Crippen LogP contribution in [0.2, 0.25) is 0 Å². The van der Waals surface area contributed by atoms with Gasteiger partial charge in [-0.15, -0.1) is 0 Å². The van der Waals surface area contributed by atoms with Crippen molar-refractivity contribution in [2.45, 2.75) is 26.4 Å². The maximum absolute atomic E-state index is 10.3. The zero-order valence-electron chi connectivity index (χ0n) is 9.37. The number of nitrogens with two attached hydrogens (primary N) is 1. The molecule has 0 saturated heterocycles. The van der Waals surface area contributed by atoms with Gasteiger partial charge in [-0.25, -0.2) is 0 Å². The van der Waals surface area contributed by atoms with Gasteiger partial charge >= 0.3 is 0 Å². The van der Waals surface area contributed by atoms with Crippen LogP contribution >= 0.6 is 31.9 Å². The van der Waals surface area contributed by atoms with Crippen molar-refractivity contribution in [3.8, 4) is 0 Å². The first-order valence-electron chi connectivity index (χ1n) is 5.13. The van der Waals surface area contributed by atoms with E-state index >= 15 is 0 Å². The molecule has 3 nitrogen and oxygen atoms in total. The van der Waals surface area contributed by atoms with Gasteiger partial charge in [0.25, 0.3) is 0 Å². The van der Waals surface area contributed by atoms with Crippen molar-refractivity contribution in [1.82, 2.24) is 4.98 Å². The van der Waals surface area contributed by atoms with Gasteiger partial charge in [-0.1, -0.05) is 13.8 Å². The number of halogens is 2. The van der Waals surface area contributed by atoms with Crippen LogP contribution in [0.25, 0.3) is 0 Å².